The molecule has 0 aliphatic carbocycles. The third kappa shape index (κ3) is 4.83. The number of benzene rings is 2. The van der Waals surface area contributed by atoms with Crippen molar-refractivity contribution >= 4 is 35.0 Å². The third-order valence-corrected chi connectivity index (χ3v) is 4.83. The Hall–Kier alpha value is -2.55. The molecule has 0 fully saturated rings. The molecule has 0 aliphatic rings. The monoisotopic (exact) mass is 434 g/mol. The highest BCUT2D eigenvalue weighted by Crippen LogP contribution is 2.24. The van der Waals surface area contributed by atoms with Crippen molar-refractivity contribution in [3.8, 4) is 17.2 Å². The van der Waals surface area contributed by atoms with E-state index in [2.05, 4.69) is 20.3 Å². The van der Waals surface area contributed by atoms with E-state index >= 15 is 0 Å². The maximum absolute atomic E-state index is 5.88. The van der Waals surface area contributed by atoms with E-state index in [4.69, 9.17) is 36.9 Å². The lowest BCUT2D eigenvalue weighted by Gasteiger charge is -2.02. The van der Waals surface area contributed by atoms with Gasteiger partial charge in [-0.05, 0) is 48.5 Å². The Morgan fingerprint density at radius 1 is 0.929 bits per heavy atom. The molecule has 0 radical (unpaired) electrons. The molecule has 0 bridgehead atoms. The Morgan fingerprint density at radius 2 is 1.64 bits per heavy atom. The van der Waals surface area contributed by atoms with Gasteiger partial charge in [0.05, 0.1) is 5.75 Å². The van der Waals surface area contributed by atoms with Crippen LogP contribution in [0.3, 0.4) is 0 Å². The van der Waals surface area contributed by atoms with Gasteiger partial charge in [-0.3, -0.25) is 0 Å². The third-order valence-electron chi connectivity index (χ3n) is 3.51. The van der Waals surface area contributed by atoms with Crippen molar-refractivity contribution in [2.24, 2.45) is 0 Å². The molecule has 28 heavy (non-hydrogen) atoms. The Morgan fingerprint density at radius 3 is 2.39 bits per heavy atom. The lowest BCUT2D eigenvalue weighted by molar-refractivity contribution is 0.252. The molecule has 0 spiro atoms. The van der Waals surface area contributed by atoms with Gasteiger partial charge in [0, 0.05) is 15.6 Å². The van der Waals surface area contributed by atoms with Gasteiger partial charge in [0.2, 0.25) is 0 Å². The molecule has 0 aliphatic heterocycles. The molecule has 4 aromatic rings. The van der Waals surface area contributed by atoms with Gasteiger partial charge in [0.15, 0.2) is 12.4 Å². The molecule has 2 aromatic carbocycles. The van der Waals surface area contributed by atoms with Crippen molar-refractivity contribution in [1.82, 2.24) is 20.3 Å². The summed E-state index contributed by atoms with van der Waals surface area (Å²) in [6.07, 6.45) is 0. The van der Waals surface area contributed by atoms with E-state index in [1.165, 1.54) is 11.8 Å². The predicted molar refractivity (Wildman–Crippen MR) is 104 cm³/mol. The van der Waals surface area contributed by atoms with Gasteiger partial charge in [0.1, 0.15) is 5.75 Å². The van der Waals surface area contributed by atoms with Crippen molar-refractivity contribution in [1.29, 1.82) is 0 Å². The van der Waals surface area contributed by atoms with Crippen LogP contribution in [-0.4, -0.2) is 20.3 Å². The molecule has 0 amide bonds. The molecule has 2 aromatic heterocycles. The smallest absolute Gasteiger partial charge is 0.277 e. The minimum Gasteiger partial charge on any atom is -0.484 e. The molecule has 0 saturated carbocycles. The topological polar surface area (TPSA) is 87.1 Å². The van der Waals surface area contributed by atoms with Crippen LogP contribution in [0.5, 0.6) is 5.75 Å². The highest BCUT2D eigenvalue weighted by Gasteiger charge is 2.12. The van der Waals surface area contributed by atoms with E-state index in [9.17, 15) is 0 Å². The zero-order valence-electron chi connectivity index (χ0n) is 14.2. The van der Waals surface area contributed by atoms with Gasteiger partial charge >= 0.3 is 0 Å². The summed E-state index contributed by atoms with van der Waals surface area (Å²) in [7, 11) is 0. The van der Waals surface area contributed by atoms with Crippen molar-refractivity contribution in [3.05, 3.63) is 70.3 Å². The van der Waals surface area contributed by atoms with Crippen LogP contribution in [0, 0.1) is 0 Å². The summed E-state index contributed by atoms with van der Waals surface area (Å²) in [5.74, 6) is 2.41. The Kier molecular flexibility index (Phi) is 5.80. The van der Waals surface area contributed by atoms with Crippen LogP contribution in [0.2, 0.25) is 10.0 Å². The molecule has 10 heteroatoms. The van der Waals surface area contributed by atoms with Crippen LogP contribution in [0.25, 0.3) is 11.5 Å². The maximum atomic E-state index is 5.88. The molecule has 0 unspecified atom stereocenters. The van der Waals surface area contributed by atoms with Crippen LogP contribution in [0.4, 0.5) is 0 Å². The number of hydrogen-bond acceptors (Lipinski definition) is 8. The zero-order chi connectivity index (χ0) is 19.3. The number of halogens is 2. The zero-order valence-corrected chi connectivity index (χ0v) is 16.5. The van der Waals surface area contributed by atoms with Crippen molar-refractivity contribution < 1.29 is 13.7 Å². The number of ether oxygens (including phenoxy) is 1. The van der Waals surface area contributed by atoms with E-state index < -0.39 is 0 Å². The molecule has 0 saturated heterocycles. The molecule has 142 valence electrons. The molecular formula is C18H12Cl2N4O3S. The lowest BCUT2D eigenvalue weighted by atomic mass is 10.2. The highest BCUT2D eigenvalue weighted by molar-refractivity contribution is 7.98. The highest BCUT2D eigenvalue weighted by atomic mass is 35.5. The second-order valence-corrected chi connectivity index (χ2v) is 7.32. The number of hydrogen-bond donors (Lipinski definition) is 0. The van der Waals surface area contributed by atoms with Crippen molar-refractivity contribution in [2.45, 2.75) is 17.6 Å². The van der Waals surface area contributed by atoms with Crippen LogP contribution >= 0.6 is 35.0 Å². The van der Waals surface area contributed by atoms with Gasteiger partial charge in [-0.25, -0.2) is 0 Å². The molecule has 2 heterocycles. The Labute approximate surface area is 174 Å². The first kappa shape index (κ1) is 18.8. The summed E-state index contributed by atoms with van der Waals surface area (Å²) < 4.78 is 16.4. The van der Waals surface area contributed by atoms with E-state index in [-0.39, 0.29) is 6.61 Å². The first-order chi connectivity index (χ1) is 13.7. The van der Waals surface area contributed by atoms with Crippen LogP contribution in [0.15, 0.2) is 62.7 Å². The standard InChI is InChI=1S/C18H12Cl2N4O3S/c19-12-3-1-11(2-4-12)17-21-15(24-27-17)10-28-18-23-22-16(26-18)9-25-14-7-5-13(20)6-8-14/h1-8H,9-10H2. The summed E-state index contributed by atoms with van der Waals surface area (Å²) in [6.45, 7) is 0.165. The number of rotatable bonds is 7. The lowest BCUT2D eigenvalue weighted by Crippen LogP contribution is -1.95. The second-order valence-electron chi connectivity index (χ2n) is 5.52. The van der Waals surface area contributed by atoms with Crippen LogP contribution in [-0.2, 0) is 12.4 Å². The van der Waals surface area contributed by atoms with Gasteiger partial charge in [-0.2, -0.15) is 4.98 Å². The quantitative estimate of drug-likeness (QED) is 0.362. The summed E-state index contributed by atoms with van der Waals surface area (Å²) in [6, 6.07) is 14.2. The molecule has 0 atom stereocenters. The largest absolute Gasteiger partial charge is 0.484 e. The first-order valence-electron chi connectivity index (χ1n) is 8.08. The van der Waals surface area contributed by atoms with Gasteiger partial charge < -0.3 is 13.7 Å². The SMILES string of the molecule is Clc1ccc(OCc2nnc(SCc3noc(-c4ccc(Cl)cc4)n3)o2)cc1. The number of aromatic nitrogens is 4. The normalized spacial score (nSPS) is 10.9. The fraction of sp³-hybridized carbons (Fsp3) is 0.111. The van der Waals surface area contributed by atoms with Gasteiger partial charge in [-0.1, -0.05) is 40.1 Å². The van der Waals surface area contributed by atoms with E-state index in [1.807, 2.05) is 12.1 Å². The molecule has 4 rings (SSSR count). The minimum atomic E-state index is 0.165. The van der Waals surface area contributed by atoms with E-state index in [0.29, 0.717) is 44.4 Å². The number of nitrogens with zero attached hydrogens (tertiary/aromatic N) is 4. The maximum Gasteiger partial charge on any atom is 0.277 e. The van der Waals surface area contributed by atoms with Gasteiger partial charge in [-0.15, -0.1) is 10.2 Å². The molecule has 7 nitrogen and oxygen atoms in total. The minimum absolute atomic E-state index is 0.165. The van der Waals surface area contributed by atoms with Crippen molar-refractivity contribution in [3.63, 3.8) is 0 Å². The average molecular weight is 435 g/mol. The second kappa shape index (κ2) is 8.64. The van der Waals surface area contributed by atoms with Crippen LogP contribution in [0.1, 0.15) is 11.7 Å². The van der Waals surface area contributed by atoms with E-state index in [0.717, 1.165) is 5.56 Å². The Balaban J connectivity index is 1.31. The summed E-state index contributed by atoms with van der Waals surface area (Å²) in [5.41, 5.74) is 0.799. The molecule has 0 N–H and O–H groups in total. The average Bonchev–Trinajstić information content (AvgIpc) is 3.36. The van der Waals surface area contributed by atoms with E-state index in [1.54, 1.807) is 36.4 Å². The number of thioether (sulfide) groups is 1. The summed E-state index contributed by atoms with van der Waals surface area (Å²) in [5, 5.41) is 13.6. The fourth-order valence-electron chi connectivity index (χ4n) is 2.18. The van der Waals surface area contributed by atoms with Gasteiger partial charge in [0.25, 0.3) is 17.0 Å². The Bertz CT molecular complexity index is 1050. The summed E-state index contributed by atoms with van der Waals surface area (Å²) in [4.78, 5) is 4.35. The molecular weight excluding hydrogens is 423 g/mol. The fourth-order valence-corrected chi connectivity index (χ4v) is 3.05. The first-order valence-corrected chi connectivity index (χ1v) is 9.82. The summed E-state index contributed by atoms with van der Waals surface area (Å²) >= 11 is 13.0. The van der Waals surface area contributed by atoms with Crippen molar-refractivity contribution in [2.75, 3.05) is 0 Å². The predicted octanol–water partition coefficient (Wildman–Crippen LogP) is 5.30. The van der Waals surface area contributed by atoms with Crippen LogP contribution < -0.4 is 4.74 Å².